The van der Waals surface area contributed by atoms with Crippen LogP contribution in [0.3, 0.4) is 0 Å². The number of nitrogens with zero attached hydrogens (tertiary/aromatic N) is 4. The van der Waals surface area contributed by atoms with Gasteiger partial charge in [0, 0.05) is 43.6 Å². The van der Waals surface area contributed by atoms with Crippen molar-refractivity contribution in [3.63, 3.8) is 0 Å². The number of fused-ring (bicyclic) bond motifs is 2. The lowest BCUT2D eigenvalue weighted by Gasteiger charge is -2.31. The third kappa shape index (κ3) is 4.40. The van der Waals surface area contributed by atoms with Crippen LogP contribution in [0, 0.1) is 0 Å². The van der Waals surface area contributed by atoms with Gasteiger partial charge in [0.25, 0.3) is 5.91 Å². The molecule has 1 amide bonds. The molecular formula is C24H27N5O2. The number of aryl methyl sites for hydroxylation is 1. The molecule has 1 N–H and O–H groups in total. The van der Waals surface area contributed by atoms with Crippen molar-refractivity contribution >= 4 is 11.6 Å². The molecule has 0 radical (unpaired) electrons. The third-order valence-electron chi connectivity index (χ3n) is 5.94. The number of ether oxygens (including phenoxy) is 1. The van der Waals surface area contributed by atoms with Crippen molar-refractivity contribution in [2.75, 3.05) is 24.5 Å². The van der Waals surface area contributed by atoms with Crippen molar-refractivity contribution < 1.29 is 9.53 Å². The second-order valence-electron chi connectivity index (χ2n) is 8.16. The molecule has 2 aliphatic heterocycles. The van der Waals surface area contributed by atoms with Gasteiger partial charge >= 0.3 is 0 Å². The van der Waals surface area contributed by atoms with E-state index in [-0.39, 0.29) is 12.0 Å². The standard InChI is InChI=1S/C24H27N5O2/c30-24(26-11-5-13-28-12-4-7-18-6-1-2-9-23(18)28)22-15-19-14-21(17-29(19)27-22)31-20-8-3-10-25-16-20/h1-3,6,8-10,15-16,21H,4-5,7,11-14,17H2,(H,26,30). The number of benzene rings is 1. The normalized spacial score (nSPS) is 17.2. The van der Waals surface area contributed by atoms with Crippen molar-refractivity contribution in [1.82, 2.24) is 20.1 Å². The molecule has 2 aromatic heterocycles. The highest BCUT2D eigenvalue weighted by Gasteiger charge is 2.26. The fraction of sp³-hybridized carbons (Fsp3) is 0.375. The molecule has 4 heterocycles. The minimum absolute atomic E-state index is 0.0243. The van der Waals surface area contributed by atoms with Crippen molar-refractivity contribution in [2.45, 2.75) is 38.3 Å². The molecule has 0 aliphatic carbocycles. The predicted molar refractivity (Wildman–Crippen MR) is 119 cm³/mol. The van der Waals surface area contributed by atoms with Gasteiger partial charge in [-0.3, -0.25) is 14.5 Å². The Morgan fingerprint density at radius 2 is 2.16 bits per heavy atom. The molecule has 0 spiro atoms. The molecule has 7 heteroatoms. The fourth-order valence-electron chi connectivity index (χ4n) is 4.47. The molecule has 0 saturated heterocycles. The van der Waals surface area contributed by atoms with Gasteiger partial charge in [0.2, 0.25) is 0 Å². The molecule has 1 aromatic carbocycles. The van der Waals surface area contributed by atoms with Crippen LogP contribution in [0.15, 0.2) is 54.9 Å². The van der Waals surface area contributed by atoms with E-state index in [0.717, 1.165) is 43.8 Å². The summed E-state index contributed by atoms with van der Waals surface area (Å²) in [6.07, 6.45) is 7.46. The van der Waals surface area contributed by atoms with E-state index in [1.54, 1.807) is 12.4 Å². The highest BCUT2D eigenvalue weighted by atomic mass is 16.5. The van der Waals surface area contributed by atoms with Gasteiger partial charge in [-0.05, 0) is 49.1 Å². The largest absolute Gasteiger partial charge is 0.486 e. The minimum Gasteiger partial charge on any atom is -0.486 e. The molecule has 2 aliphatic rings. The molecular weight excluding hydrogens is 390 g/mol. The number of rotatable bonds is 7. The number of para-hydroxylation sites is 1. The van der Waals surface area contributed by atoms with Gasteiger partial charge in [0.1, 0.15) is 17.5 Å². The molecule has 5 rings (SSSR count). The van der Waals surface area contributed by atoms with Crippen LogP contribution < -0.4 is 15.0 Å². The molecule has 0 bridgehead atoms. The summed E-state index contributed by atoms with van der Waals surface area (Å²) in [6, 6.07) is 14.3. The predicted octanol–water partition coefficient (Wildman–Crippen LogP) is 2.85. The summed E-state index contributed by atoms with van der Waals surface area (Å²) >= 11 is 0. The lowest BCUT2D eigenvalue weighted by atomic mass is 10.0. The van der Waals surface area contributed by atoms with E-state index < -0.39 is 0 Å². The second-order valence-corrected chi connectivity index (χ2v) is 8.16. The second kappa shape index (κ2) is 8.79. The Kier molecular flexibility index (Phi) is 5.56. The molecule has 1 atom stereocenters. The fourth-order valence-corrected chi connectivity index (χ4v) is 4.47. The van der Waals surface area contributed by atoms with Crippen LogP contribution in [0.4, 0.5) is 5.69 Å². The minimum atomic E-state index is -0.106. The first-order valence-electron chi connectivity index (χ1n) is 11.0. The molecule has 7 nitrogen and oxygen atoms in total. The van der Waals surface area contributed by atoms with E-state index in [1.807, 2.05) is 22.9 Å². The topological polar surface area (TPSA) is 72.3 Å². The summed E-state index contributed by atoms with van der Waals surface area (Å²) in [5, 5.41) is 7.50. The maximum absolute atomic E-state index is 12.5. The quantitative estimate of drug-likeness (QED) is 0.599. The van der Waals surface area contributed by atoms with Crippen LogP contribution in [-0.4, -0.2) is 46.4 Å². The van der Waals surface area contributed by atoms with Crippen LogP contribution >= 0.6 is 0 Å². The molecule has 0 saturated carbocycles. The van der Waals surface area contributed by atoms with Crippen LogP contribution in [-0.2, 0) is 19.4 Å². The summed E-state index contributed by atoms with van der Waals surface area (Å²) in [5.41, 5.74) is 4.28. The van der Waals surface area contributed by atoms with Crippen LogP contribution in [0.2, 0.25) is 0 Å². The summed E-state index contributed by atoms with van der Waals surface area (Å²) in [6.45, 7) is 3.32. The number of pyridine rings is 1. The molecule has 3 aromatic rings. The van der Waals surface area contributed by atoms with Crippen molar-refractivity contribution in [2.24, 2.45) is 0 Å². The summed E-state index contributed by atoms with van der Waals surface area (Å²) in [7, 11) is 0. The van der Waals surface area contributed by atoms with E-state index in [1.165, 1.54) is 17.7 Å². The molecule has 1 unspecified atom stereocenters. The highest BCUT2D eigenvalue weighted by Crippen LogP contribution is 2.26. The zero-order chi connectivity index (χ0) is 21.0. The van der Waals surface area contributed by atoms with E-state index in [2.05, 4.69) is 44.6 Å². The van der Waals surface area contributed by atoms with Crippen molar-refractivity contribution in [3.05, 3.63) is 71.8 Å². The Labute approximate surface area is 182 Å². The van der Waals surface area contributed by atoms with Gasteiger partial charge in [-0.25, -0.2) is 0 Å². The zero-order valence-electron chi connectivity index (χ0n) is 17.5. The van der Waals surface area contributed by atoms with Gasteiger partial charge in [0.15, 0.2) is 0 Å². The number of hydrogen-bond acceptors (Lipinski definition) is 5. The first-order valence-corrected chi connectivity index (χ1v) is 11.0. The van der Waals surface area contributed by atoms with Gasteiger partial charge in [-0.1, -0.05) is 18.2 Å². The Morgan fingerprint density at radius 1 is 1.23 bits per heavy atom. The Hall–Kier alpha value is -3.35. The lowest BCUT2D eigenvalue weighted by molar-refractivity contribution is 0.0946. The lowest BCUT2D eigenvalue weighted by Crippen LogP contribution is -2.33. The van der Waals surface area contributed by atoms with Crippen LogP contribution in [0.5, 0.6) is 5.75 Å². The monoisotopic (exact) mass is 417 g/mol. The molecule has 160 valence electrons. The molecule has 31 heavy (non-hydrogen) atoms. The maximum Gasteiger partial charge on any atom is 0.271 e. The number of carbonyl (C=O) groups excluding carboxylic acids is 1. The van der Waals surface area contributed by atoms with Gasteiger partial charge in [-0.15, -0.1) is 0 Å². The number of nitrogens with one attached hydrogen (secondary N) is 1. The number of anilines is 1. The number of hydrogen-bond donors (Lipinski definition) is 1. The van der Waals surface area contributed by atoms with Gasteiger partial charge < -0.3 is 15.0 Å². The van der Waals surface area contributed by atoms with E-state index in [9.17, 15) is 4.79 Å². The SMILES string of the molecule is O=C(NCCCN1CCCc2ccccc21)c1cc2n(n1)CC(Oc1cccnc1)C2. The average Bonchev–Trinajstić information content (AvgIpc) is 3.36. The summed E-state index contributed by atoms with van der Waals surface area (Å²) in [5.74, 6) is 0.651. The zero-order valence-corrected chi connectivity index (χ0v) is 17.5. The first kappa shape index (κ1) is 19.6. The Balaban J connectivity index is 1.09. The van der Waals surface area contributed by atoms with Crippen LogP contribution in [0.1, 0.15) is 34.6 Å². The number of amides is 1. The van der Waals surface area contributed by atoms with Crippen molar-refractivity contribution in [3.8, 4) is 5.75 Å². The summed E-state index contributed by atoms with van der Waals surface area (Å²) < 4.78 is 7.83. The average molecular weight is 418 g/mol. The smallest absolute Gasteiger partial charge is 0.271 e. The van der Waals surface area contributed by atoms with Crippen molar-refractivity contribution in [1.29, 1.82) is 0 Å². The van der Waals surface area contributed by atoms with Crippen LogP contribution in [0.25, 0.3) is 0 Å². The van der Waals surface area contributed by atoms with E-state index >= 15 is 0 Å². The summed E-state index contributed by atoms with van der Waals surface area (Å²) in [4.78, 5) is 19.0. The van der Waals surface area contributed by atoms with E-state index in [0.29, 0.717) is 18.8 Å². The van der Waals surface area contributed by atoms with Gasteiger partial charge in [0.05, 0.1) is 12.7 Å². The third-order valence-corrected chi connectivity index (χ3v) is 5.94. The van der Waals surface area contributed by atoms with E-state index in [4.69, 9.17) is 4.74 Å². The van der Waals surface area contributed by atoms with Gasteiger partial charge in [-0.2, -0.15) is 5.10 Å². The number of aromatic nitrogens is 3. The molecule has 0 fully saturated rings. The Bertz CT molecular complexity index is 1030. The first-order chi connectivity index (χ1) is 15.3. The maximum atomic E-state index is 12.5. The Morgan fingerprint density at radius 3 is 3.03 bits per heavy atom. The highest BCUT2D eigenvalue weighted by molar-refractivity contribution is 5.92. The number of carbonyl (C=O) groups is 1.